The summed E-state index contributed by atoms with van der Waals surface area (Å²) < 4.78 is 4.95. The highest BCUT2D eigenvalue weighted by Crippen LogP contribution is 2.18. The van der Waals surface area contributed by atoms with Gasteiger partial charge in [0.15, 0.2) is 0 Å². The van der Waals surface area contributed by atoms with E-state index in [0.717, 1.165) is 6.42 Å². The minimum atomic E-state index is -0.964. The lowest BCUT2D eigenvalue weighted by atomic mass is 10.2. The summed E-state index contributed by atoms with van der Waals surface area (Å²) in [5.41, 5.74) is 0.291. The molecule has 0 saturated carbocycles. The van der Waals surface area contributed by atoms with E-state index in [0.29, 0.717) is 17.9 Å². The van der Waals surface area contributed by atoms with Gasteiger partial charge in [0.05, 0.1) is 6.61 Å². The van der Waals surface area contributed by atoms with E-state index >= 15 is 0 Å². The molecule has 1 aromatic rings. The minimum absolute atomic E-state index is 0.197. The van der Waals surface area contributed by atoms with E-state index in [2.05, 4.69) is 4.98 Å². The van der Waals surface area contributed by atoms with E-state index in [1.165, 1.54) is 6.20 Å². The first-order valence-electron chi connectivity index (χ1n) is 6.19. The Labute approximate surface area is 112 Å². The van der Waals surface area contributed by atoms with Gasteiger partial charge in [-0.25, -0.2) is 9.78 Å². The van der Waals surface area contributed by atoms with Crippen LogP contribution in [0.4, 0.5) is 5.82 Å². The number of carboxylic acids is 1. The molecule has 0 saturated heterocycles. The van der Waals surface area contributed by atoms with E-state index in [9.17, 15) is 9.59 Å². The van der Waals surface area contributed by atoms with Crippen molar-refractivity contribution in [3.05, 3.63) is 23.9 Å². The molecule has 19 heavy (non-hydrogen) atoms. The first-order valence-corrected chi connectivity index (χ1v) is 6.19. The lowest BCUT2D eigenvalue weighted by Gasteiger charge is -2.22. The number of carboxylic acid groups (broad SMARTS) is 1. The molecule has 0 aromatic carbocycles. The largest absolute Gasteiger partial charge is 0.480 e. The molecule has 104 valence electrons. The number of carbonyl (C=O) groups is 2. The summed E-state index contributed by atoms with van der Waals surface area (Å²) in [5.74, 6) is -1.10. The average molecular weight is 266 g/mol. The Morgan fingerprint density at radius 2 is 2.16 bits per heavy atom. The second-order valence-corrected chi connectivity index (χ2v) is 3.91. The lowest BCUT2D eigenvalue weighted by Crippen LogP contribution is -2.32. The molecule has 0 aliphatic rings. The number of nitrogens with zero attached hydrogens (tertiary/aromatic N) is 2. The maximum Gasteiger partial charge on any atom is 0.341 e. The molecule has 1 rings (SSSR count). The van der Waals surface area contributed by atoms with Gasteiger partial charge in [0.25, 0.3) is 0 Å². The summed E-state index contributed by atoms with van der Waals surface area (Å²) in [5, 5.41) is 8.92. The molecule has 0 spiro atoms. The number of rotatable bonds is 7. The van der Waals surface area contributed by atoms with Gasteiger partial charge in [0.1, 0.15) is 17.9 Å². The monoisotopic (exact) mass is 266 g/mol. The molecule has 6 nitrogen and oxygen atoms in total. The van der Waals surface area contributed by atoms with Gasteiger partial charge in [0, 0.05) is 12.7 Å². The van der Waals surface area contributed by atoms with Crippen molar-refractivity contribution < 1.29 is 19.4 Å². The van der Waals surface area contributed by atoms with Crippen molar-refractivity contribution in [1.82, 2.24) is 4.98 Å². The van der Waals surface area contributed by atoms with Gasteiger partial charge in [-0.05, 0) is 25.5 Å². The van der Waals surface area contributed by atoms with E-state index in [1.54, 1.807) is 24.0 Å². The molecule has 6 heteroatoms. The van der Waals surface area contributed by atoms with Gasteiger partial charge in [-0.15, -0.1) is 0 Å². The molecule has 1 heterocycles. The number of hydrogen-bond donors (Lipinski definition) is 1. The normalized spacial score (nSPS) is 10.0. The molecule has 1 aromatic heterocycles. The number of pyridine rings is 1. The van der Waals surface area contributed by atoms with Gasteiger partial charge >= 0.3 is 11.9 Å². The smallest absolute Gasteiger partial charge is 0.341 e. The quantitative estimate of drug-likeness (QED) is 0.754. The number of ether oxygens (including phenoxy) is 1. The van der Waals surface area contributed by atoms with Gasteiger partial charge < -0.3 is 14.7 Å². The summed E-state index contributed by atoms with van der Waals surface area (Å²) in [6, 6.07) is 3.21. The first-order chi connectivity index (χ1) is 9.10. The van der Waals surface area contributed by atoms with E-state index in [4.69, 9.17) is 9.84 Å². The Morgan fingerprint density at radius 3 is 2.74 bits per heavy atom. The highest BCUT2D eigenvalue weighted by atomic mass is 16.5. The van der Waals surface area contributed by atoms with Gasteiger partial charge in [-0.3, -0.25) is 4.79 Å². The Morgan fingerprint density at radius 1 is 1.42 bits per heavy atom. The van der Waals surface area contributed by atoms with Crippen LogP contribution in [0, 0.1) is 0 Å². The zero-order chi connectivity index (χ0) is 14.3. The molecular formula is C13H18N2O4. The third-order valence-electron chi connectivity index (χ3n) is 2.40. The van der Waals surface area contributed by atoms with Crippen molar-refractivity contribution in [3.8, 4) is 0 Å². The highest BCUT2D eigenvalue weighted by Gasteiger charge is 2.19. The van der Waals surface area contributed by atoms with Crippen molar-refractivity contribution in [1.29, 1.82) is 0 Å². The zero-order valence-electron chi connectivity index (χ0n) is 11.1. The van der Waals surface area contributed by atoms with Crippen LogP contribution in [0.5, 0.6) is 0 Å². The topological polar surface area (TPSA) is 79.7 Å². The Balaban J connectivity index is 3.07. The van der Waals surface area contributed by atoms with Gasteiger partial charge in [0.2, 0.25) is 0 Å². The number of carbonyl (C=O) groups excluding carboxylic acids is 1. The Bertz CT molecular complexity index is 448. The third kappa shape index (κ3) is 4.24. The van der Waals surface area contributed by atoms with Crippen LogP contribution in [-0.4, -0.2) is 41.7 Å². The number of esters is 1. The molecule has 1 N–H and O–H groups in total. The number of aliphatic carboxylic acids is 1. The van der Waals surface area contributed by atoms with Crippen molar-refractivity contribution in [2.45, 2.75) is 20.3 Å². The fourth-order valence-corrected chi connectivity index (χ4v) is 1.71. The molecule has 0 radical (unpaired) electrons. The highest BCUT2D eigenvalue weighted by molar-refractivity contribution is 5.95. The van der Waals surface area contributed by atoms with Crippen molar-refractivity contribution in [3.63, 3.8) is 0 Å². The van der Waals surface area contributed by atoms with E-state index in [-0.39, 0.29) is 13.2 Å². The number of aromatic nitrogens is 1. The summed E-state index contributed by atoms with van der Waals surface area (Å²) in [4.78, 5) is 28.4. The second-order valence-electron chi connectivity index (χ2n) is 3.91. The zero-order valence-corrected chi connectivity index (χ0v) is 11.1. The van der Waals surface area contributed by atoms with Crippen LogP contribution in [0.1, 0.15) is 30.6 Å². The van der Waals surface area contributed by atoms with Crippen LogP contribution in [0.15, 0.2) is 18.3 Å². The molecule has 0 aliphatic heterocycles. The van der Waals surface area contributed by atoms with Gasteiger partial charge in [-0.1, -0.05) is 6.92 Å². The Hall–Kier alpha value is -2.11. The van der Waals surface area contributed by atoms with Crippen LogP contribution >= 0.6 is 0 Å². The Kier molecular flexibility index (Phi) is 5.78. The SMILES string of the molecule is CCCN(CC(=O)O)c1ncccc1C(=O)OCC. The predicted octanol–water partition coefficient (Wildman–Crippen LogP) is 1.56. The molecular weight excluding hydrogens is 248 g/mol. The molecule has 0 atom stereocenters. The number of anilines is 1. The third-order valence-corrected chi connectivity index (χ3v) is 2.40. The molecule has 0 amide bonds. The fourth-order valence-electron chi connectivity index (χ4n) is 1.71. The lowest BCUT2D eigenvalue weighted by molar-refractivity contribution is -0.135. The number of hydrogen-bond acceptors (Lipinski definition) is 5. The van der Waals surface area contributed by atoms with E-state index < -0.39 is 11.9 Å². The maximum atomic E-state index is 11.8. The maximum absolute atomic E-state index is 11.8. The van der Waals surface area contributed by atoms with Gasteiger partial charge in [-0.2, -0.15) is 0 Å². The summed E-state index contributed by atoms with van der Waals surface area (Å²) in [6.45, 7) is 4.23. The summed E-state index contributed by atoms with van der Waals surface area (Å²) in [7, 11) is 0. The van der Waals surface area contributed by atoms with Crippen LogP contribution in [-0.2, 0) is 9.53 Å². The molecule has 0 fully saturated rings. The van der Waals surface area contributed by atoms with Crippen molar-refractivity contribution in [2.75, 3.05) is 24.6 Å². The molecule has 0 bridgehead atoms. The van der Waals surface area contributed by atoms with Crippen LogP contribution < -0.4 is 4.90 Å². The minimum Gasteiger partial charge on any atom is -0.480 e. The predicted molar refractivity (Wildman–Crippen MR) is 70.3 cm³/mol. The molecule has 0 unspecified atom stereocenters. The van der Waals surface area contributed by atoms with Crippen LogP contribution in [0.3, 0.4) is 0 Å². The first kappa shape index (κ1) is 14.9. The van der Waals surface area contributed by atoms with Crippen molar-refractivity contribution in [2.24, 2.45) is 0 Å². The van der Waals surface area contributed by atoms with Crippen LogP contribution in [0.2, 0.25) is 0 Å². The van der Waals surface area contributed by atoms with Crippen LogP contribution in [0.25, 0.3) is 0 Å². The fraction of sp³-hybridized carbons (Fsp3) is 0.462. The second kappa shape index (κ2) is 7.35. The molecule has 0 aliphatic carbocycles. The summed E-state index contributed by atoms with van der Waals surface area (Å²) >= 11 is 0. The van der Waals surface area contributed by atoms with Crippen molar-refractivity contribution >= 4 is 17.8 Å². The standard InChI is InChI=1S/C13H18N2O4/c1-3-8-15(9-11(16)17)12-10(6-5-7-14-12)13(18)19-4-2/h5-7H,3-4,8-9H2,1-2H3,(H,16,17). The average Bonchev–Trinajstić information content (AvgIpc) is 2.38. The van der Waals surface area contributed by atoms with E-state index in [1.807, 2.05) is 6.92 Å². The summed E-state index contributed by atoms with van der Waals surface area (Å²) in [6.07, 6.45) is 2.29.